The van der Waals surface area contributed by atoms with Crippen LogP contribution in [0.1, 0.15) is 88.4 Å². The highest BCUT2D eigenvalue weighted by atomic mass is 16.5. The lowest BCUT2D eigenvalue weighted by atomic mass is 10.0. The van der Waals surface area contributed by atoms with Crippen LogP contribution in [0.2, 0.25) is 0 Å². The number of benzene rings is 3. The fourth-order valence-electron chi connectivity index (χ4n) is 4.10. The Kier molecular flexibility index (Phi) is 12.6. The molecule has 0 aliphatic rings. The average molecular weight is 503 g/mol. The van der Waals surface area contributed by atoms with Crippen molar-refractivity contribution < 1.29 is 19.0 Å². The summed E-state index contributed by atoms with van der Waals surface area (Å²) in [5.74, 6) is 1.81. The largest absolute Gasteiger partial charge is 0.494 e. The lowest BCUT2D eigenvalue weighted by Crippen LogP contribution is -2.08. The van der Waals surface area contributed by atoms with Gasteiger partial charge in [0.15, 0.2) is 0 Å². The summed E-state index contributed by atoms with van der Waals surface area (Å²) in [5.41, 5.74) is 2.63. The first-order chi connectivity index (χ1) is 18.2. The molecule has 0 atom stereocenters. The molecule has 0 amide bonds. The maximum absolute atomic E-state index is 12.6. The van der Waals surface area contributed by atoms with E-state index in [1.54, 1.807) is 24.3 Å². The molecule has 3 aromatic rings. The molecule has 0 saturated carbocycles. The van der Waals surface area contributed by atoms with Gasteiger partial charge in [-0.15, -0.1) is 0 Å². The van der Waals surface area contributed by atoms with E-state index in [4.69, 9.17) is 14.2 Å². The first-order valence-corrected chi connectivity index (χ1v) is 14.0. The zero-order valence-corrected chi connectivity index (χ0v) is 22.5. The Morgan fingerprint density at radius 2 is 0.919 bits per heavy atom. The average Bonchev–Trinajstić information content (AvgIpc) is 2.94. The number of ether oxygens (including phenoxy) is 3. The monoisotopic (exact) mass is 502 g/mol. The second kappa shape index (κ2) is 16.5. The molecule has 0 saturated heterocycles. The van der Waals surface area contributed by atoms with Crippen molar-refractivity contribution in [1.82, 2.24) is 0 Å². The van der Waals surface area contributed by atoms with Gasteiger partial charge >= 0.3 is 5.97 Å². The third kappa shape index (κ3) is 10.3. The first-order valence-electron chi connectivity index (χ1n) is 14.0. The fourth-order valence-corrected chi connectivity index (χ4v) is 4.10. The normalized spacial score (nSPS) is 10.8. The van der Waals surface area contributed by atoms with Crippen molar-refractivity contribution >= 4 is 5.97 Å². The van der Waals surface area contributed by atoms with E-state index in [0.29, 0.717) is 17.9 Å². The Hall–Kier alpha value is -3.27. The summed E-state index contributed by atoms with van der Waals surface area (Å²) in [4.78, 5) is 12.6. The van der Waals surface area contributed by atoms with Crippen molar-refractivity contribution in [1.29, 1.82) is 0 Å². The van der Waals surface area contributed by atoms with Crippen molar-refractivity contribution in [3.05, 3.63) is 78.4 Å². The maximum atomic E-state index is 12.6. The SMILES string of the molecule is CCCCCCCCOc1ccc(-c2ccc(C(=O)Oc3ccc(OCCCCCC)cc3)cc2)cc1. The summed E-state index contributed by atoms with van der Waals surface area (Å²) >= 11 is 0. The predicted molar refractivity (Wildman–Crippen MR) is 152 cm³/mol. The summed E-state index contributed by atoms with van der Waals surface area (Å²) in [6.45, 7) is 5.90. The van der Waals surface area contributed by atoms with Crippen molar-refractivity contribution in [2.45, 2.75) is 78.1 Å². The lowest BCUT2D eigenvalue weighted by Gasteiger charge is -2.09. The Balaban J connectivity index is 1.43. The minimum Gasteiger partial charge on any atom is -0.494 e. The van der Waals surface area contributed by atoms with E-state index in [1.165, 1.54) is 51.4 Å². The summed E-state index contributed by atoms with van der Waals surface area (Å²) in [6, 6.07) is 22.8. The summed E-state index contributed by atoms with van der Waals surface area (Å²) in [5, 5.41) is 0. The number of unbranched alkanes of at least 4 members (excludes halogenated alkanes) is 8. The van der Waals surface area contributed by atoms with Gasteiger partial charge in [0.25, 0.3) is 0 Å². The molecule has 0 bridgehead atoms. The summed E-state index contributed by atoms with van der Waals surface area (Å²) < 4.78 is 17.2. The fraction of sp³-hybridized carbons (Fsp3) is 0.424. The van der Waals surface area contributed by atoms with E-state index in [2.05, 4.69) is 26.0 Å². The van der Waals surface area contributed by atoms with Gasteiger partial charge in [0.2, 0.25) is 0 Å². The lowest BCUT2D eigenvalue weighted by molar-refractivity contribution is 0.0734. The zero-order valence-electron chi connectivity index (χ0n) is 22.5. The molecule has 3 rings (SSSR count). The molecule has 0 unspecified atom stereocenters. The third-order valence-corrected chi connectivity index (χ3v) is 6.38. The van der Waals surface area contributed by atoms with Gasteiger partial charge in [0.05, 0.1) is 18.8 Å². The van der Waals surface area contributed by atoms with Crippen LogP contribution in [-0.4, -0.2) is 19.2 Å². The molecular formula is C33H42O4. The predicted octanol–water partition coefficient (Wildman–Crippen LogP) is 9.27. The Morgan fingerprint density at radius 3 is 1.46 bits per heavy atom. The number of hydrogen-bond donors (Lipinski definition) is 0. The summed E-state index contributed by atoms with van der Waals surface area (Å²) in [6.07, 6.45) is 12.2. The van der Waals surface area contributed by atoms with E-state index < -0.39 is 0 Å². The van der Waals surface area contributed by atoms with E-state index in [-0.39, 0.29) is 5.97 Å². The summed E-state index contributed by atoms with van der Waals surface area (Å²) in [7, 11) is 0. The number of rotatable bonds is 17. The van der Waals surface area contributed by atoms with E-state index in [0.717, 1.165) is 42.1 Å². The van der Waals surface area contributed by atoms with E-state index >= 15 is 0 Å². The topological polar surface area (TPSA) is 44.8 Å². The van der Waals surface area contributed by atoms with Gasteiger partial charge in [-0.05, 0) is 72.5 Å². The molecular weight excluding hydrogens is 460 g/mol. The second-order valence-electron chi connectivity index (χ2n) is 9.49. The van der Waals surface area contributed by atoms with Crippen LogP contribution in [0, 0.1) is 0 Å². The molecule has 37 heavy (non-hydrogen) atoms. The maximum Gasteiger partial charge on any atom is 0.343 e. The Bertz CT molecular complexity index is 1020. The van der Waals surface area contributed by atoms with Crippen molar-refractivity contribution in [2.24, 2.45) is 0 Å². The standard InChI is InChI=1S/C33H42O4/c1-3-5-7-9-10-12-26-35-30-19-17-28(18-20-30)27-13-15-29(16-14-27)33(34)37-32-23-21-31(22-24-32)36-25-11-8-6-4-2/h13-24H,3-12,25-26H2,1-2H3. The van der Waals surface area contributed by atoms with Gasteiger partial charge in [-0.2, -0.15) is 0 Å². The zero-order chi connectivity index (χ0) is 26.1. The smallest absolute Gasteiger partial charge is 0.343 e. The third-order valence-electron chi connectivity index (χ3n) is 6.38. The number of carbonyl (C=O) groups excluding carboxylic acids is 1. The first kappa shape index (κ1) is 28.3. The van der Waals surface area contributed by atoms with Crippen LogP contribution >= 0.6 is 0 Å². The molecule has 198 valence electrons. The van der Waals surface area contributed by atoms with Crippen LogP contribution in [0.4, 0.5) is 0 Å². The molecule has 0 fully saturated rings. The van der Waals surface area contributed by atoms with E-state index in [9.17, 15) is 4.79 Å². The van der Waals surface area contributed by atoms with Crippen LogP contribution in [-0.2, 0) is 0 Å². The van der Waals surface area contributed by atoms with Gasteiger partial charge in [-0.1, -0.05) is 89.5 Å². The second-order valence-corrected chi connectivity index (χ2v) is 9.49. The van der Waals surface area contributed by atoms with Gasteiger partial charge in [0.1, 0.15) is 17.2 Å². The molecule has 0 aliphatic carbocycles. The minimum atomic E-state index is -0.377. The van der Waals surface area contributed by atoms with Gasteiger partial charge in [0, 0.05) is 0 Å². The van der Waals surface area contributed by atoms with Gasteiger partial charge in [-0.25, -0.2) is 4.79 Å². The molecule has 0 aliphatic heterocycles. The molecule has 0 aromatic heterocycles. The number of esters is 1. The molecule has 4 nitrogen and oxygen atoms in total. The van der Waals surface area contributed by atoms with Crippen LogP contribution in [0.25, 0.3) is 11.1 Å². The quantitative estimate of drug-likeness (QED) is 0.105. The van der Waals surface area contributed by atoms with E-state index in [1.807, 2.05) is 36.4 Å². The van der Waals surface area contributed by atoms with Crippen LogP contribution < -0.4 is 14.2 Å². The van der Waals surface area contributed by atoms with Crippen molar-refractivity contribution in [3.63, 3.8) is 0 Å². The van der Waals surface area contributed by atoms with Crippen LogP contribution in [0.15, 0.2) is 72.8 Å². The Morgan fingerprint density at radius 1 is 0.514 bits per heavy atom. The molecule has 0 radical (unpaired) electrons. The Labute approximate surface area is 223 Å². The van der Waals surface area contributed by atoms with Crippen molar-refractivity contribution in [3.8, 4) is 28.4 Å². The van der Waals surface area contributed by atoms with Crippen LogP contribution in [0.3, 0.4) is 0 Å². The molecule has 3 aromatic carbocycles. The highest BCUT2D eigenvalue weighted by molar-refractivity contribution is 5.91. The molecule has 0 heterocycles. The van der Waals surface area contributed by atoms with Gasteiger partial charge < -0.3 is 14.2 Å². The molecule has 0 N–H and O–H groups in total. The number of carbonyl (C=O) groups is 1. The highest BCUT2D eigenvalue weighted by Gasteiger charge is 2.09. The minimum absolute atomic E-state index is 0.377. The highest BCUT2D eigenvalue weighted by Crippen LogP contribution is 2.24. The van der Waals surface area contributed by atoms with Crippen LogP contribution in [0.5, 0.6) is 17.2 Å². The molecule has 0 spiro atoms. The van der Waals surface area contributed by atoms with Crippen molar-refractivity contribution in [2.75, 3.05) is 13.2 Å². The molecule has 4 heteroatoms. The van der Waals surface area contributed by atoms with Gasteiger partial charge in [-0.3, -0.25) is 0 Å². The number of hydrogen-bond acceptors (Lipinski definition) is 4.